The first-order valence-electron chi connectivity index (χ1n) is 13.7. The van der Waals surface area contributed by atoms with Crippen LogP contribution in [-0.2, 0) is 22.2 Å². The summed E-state index contributed by atoms with van der Waals surface area (Å²) < 4.78 is 67.3. The van der Waals surface area contributed by atoms with Crippen molar-refractivity contribution in [3.05, 3.63) is 70.8 Å². The first-order chi connectivity index (χ1) is 19.1. The van der Waals surface area contributed by atoms with Gasteiger partial charge in [0.05, 0.1) is 11.5 Å². The van der Waals surface area contributed by atoms with Gasteiger partial charge in [-0.1, -0.05) is 18.2 Å². The summed E-state index contributed by atoms with van der Waals surface area (Å²) in [5, 5.41) is 9.95. The van der Waals surface area contributed by atoms with Crippen molar-refractivity contribution in [2.24, 2.45) is 5.92 Å². The highest BCUT2D eigenvalue weighted by molar-refractivity contribution is 5.81. The molecule has 2 heterocycles. The Bertz CT molecular complexity index is 1260. The van der Waals surface area contributed by atoms with Crippen LogP contribution in [0.4, 0.5) is 22.0 Å². The summed E-state index contributed by atoms with van der Waals surface area (Å²) in [4.78, 5) is 31.7. The molecule has 4 atom stereocenters. The predicted molar refractivity (Wildman–Crippen MR) is 143 cm³/mol. The summed E-state index contributed by atoms with van der Waals surface area (Å²) in [5.74, 6) is -3.67. The molecule has 41 heavy (non-hydrogen) atoms. The third-order valence-corrected chi connectivity index (χ3v) is 8.33. The quantitative estimate of drug-likeness (QED) is 0.486. The normalized spacial score (nSPS) is 23.5. The Kier molecular flexibility index (Phi) is 8.80. The monoisotopic (exact) mass is 581 g/mol. The van der Waals surface area contributed by atoms with Gasteiger partial charge in [0.1, 0.15) is 17.7 Å². The van der Waals surface area contributed by atoms with Crippen molar-refractivity contribution in [2.75, 3.05) is 32.7 Å². The van der Waals surface area contributed by atoms with Crippen molar-refractivity contribution in [1.29, 1.82) is 0 Å². The van der Waals surface area contributed by atoms with E-state index in [0.29, 0.717) is 24.2 Å². The lowest BCUT2D eigenvalue weighted by Gasteiger charge is -2.43. The molecule has 11 heteroatoms. The van der Waals surface area contributed by atoms with Crippen molar-refractivity contribution in [3.63, 3.8) is 0 Å². The van der Waals surface area contributed by atoms with Gasteiger partial charge in [0, 0.05) is 56.3 Å². The van der Waals surface area contributed by atoms with Crippen molar-refractivity contribution < 1.29 is 36.6 Å². The zero-order valence-corrected chi connectivity index (χ0v) is 23.6. The number of halogens is 5. The number of likely N-dealkylation sites (tertiary alicyclic amines) is 1. The summed E-state index contributed by atoms with van der Waals surface area (Å²) in [6, 6.07) is 6.57. The van der Waals surface area contributed by atoms with Crippen molar-refractivity contribution >= 4 is 11.9 Å². The Labute approximate surface area is 236 Å². The number of carboxylic acid groups (broad SMARTS) is 1. The van der Waals surface area contributed by atoms with E-state index in [-0.39, 0.29) is 43.5 Å². The summed E-state index contributed by atoms with van der Waals surface area (Å²) in [7, 11) is 0. The van der Waals surface area contributed by atoms with Crippen LogP contribution in [0.1, 0.15) is 50.3 Å². The lowest BCUT2D eigenvalue weighted by atomic mass is 9.87. The Morgan fingerprint density at radius 3 is 2.17 bits per heavy atom. The second-order valence-corrected chi connectivity index (χ2v) is 12.1. The first kappa shape index (κ1) is 30.9. The molecule has 4 rings (SSSR count). The fraction of sp³-hybridized carbons (Fsp3) is 0.533. The van der Waals surface area contributed by atoms with E-state index < -0.39 is 47.2 Å². The van der Waals surface area contributed by atoms with Gasteiger partial charge >= 0.3 is 12.1 Å². The second kappa shape index (κ2) is 11.7. The van der Waals surface area contributed by atoms with E-state index in [1.807, 2.05) is 27.7 Å². The summed E-state index contributed by atoms with van der Waals surface area (Å²) in [6.07, 6.45) is -4.46. The van der Waals surface area contributed by atoms with Gasteiger partial charge in [0.25, 0.3) is 0 Å². The van der Waals surface area contributed by atoms with E-state index in [1.54, 1.807) is 9.80 Å². The molecule has 2 aromatic carbocycles. The molecule has 2 aromatic rings. The summed E-state index contributed by atoms with van der Waals surface area (Å²) >= 11 is 0. The summed E-state index contributed by atoms with van der Waals surface area (Å²) in [5.41, 5.74) is -0.315. The average molecular weight is 582 g/mol. The summed E-state index contributed by atoms with van der Waals surface area (Å²) in [6.45, 7) is 9.49. The van der Waals surface area contributed by atoms with Gasteiger partial charge in [-0.3, -0.25) is 19.4 Å². The minimum atomic E-state index is -4.48. The second-order valence-electron chi connectivity index (χ2n) is 12.1. The van der Waals surface area contributed by atoms with Crippen LogP contribution in [0, 0.1) is 17.6 Å². The van der Waals surface area contributed by atoms with Crippen LogP contribution in [0.15, 0.2) is 42.5 Å². The number of carbonyl (C=O) groups excluding carboxylic acids is 1. The highest BCUT2D eigenvalue weighted by Crippen LogP contribution is 2.39. The van der Waals surface area contributed by atoms with Gasteiger partial charge in [-0.05, 0) is 63.4 Å². The standard InChI is InChI=1S/C30H36F5N3O3/c1-18-15-36(26(28(40)41)13-19-5-7-20(8-6-19)30(33,34)35)11-12-38(18)27(39)24-17-37(29(2,3)4)16-23(24)22-10-9-21(31)14-25(22)32/h5-10,14,18,23-24,26H,11-13,15-17H2,1-4H3,(H,40,41)/t18-,23-,24+,26-/m0/s1. The van der Waals surface area contributed by atoms with Crippen LogP contribution in [0.2, 0.25) is 0 Å². The van der Waals surface area contributed by atoms with E-state index >= 15 is 0 Å². The Balaban J connectivity index is 1.49. The third-order valence-electron chi connectivity index (χ3n) is 8.33. The number of hydrogen-bond donors (Lipinski definition) is 1. The molecule has 2 saturated heterocycles. The molecule has 2 aliphatic heterocycles. The molecule has 0 radical (unpaired) electrons. The highest BCUT2D eigenvalue weighted by atomic mass is 19.4. The molecule has 0 aromatic heterocycles. The van der Waals surface area contributed by atoms with Gasteiger partial charge in [-0.2, -0.15) is 13.2 Å². The third kappa shape index (κ3) is 6.89. The number of alkyl halides is 3. The van der Waals surface area contributed by atoms with Gasteiger partial charge in [0.15, 0.2) is 0 Å². The minimum absolute atomic E-state index is 0.0171. The molecule has 6 nitrogen and oxygen atoms in total. The number of amides is 1. The lowest BCUT2D eigenvalue weighted by molar-refractivity contribution is -0.147. The Morgan fingerprint density at radius 2 is 1.63 bits per heavy atom. The van der Waals surface area contributed by atoms with Gasteiger partial charge in [0.2, 0.25) is 5.91 Å². The predicted octanol–water partition coefficient (Wildman–Crippen LogP) is 5.03. The molecule has 2 fully saturated rings. The number of carboxylic acids is 1. The molecule has 1 amide bonds. The molecule has 0 unspecified atom stereocenters. The molecule has 0 aliphatic carbocycles. The Morgan fingerprint density at radius 1 is 0.976 bits per heavy atom. The van der Waals surface area contributed by atoms with Crippen LogP contribution in [0.25, 0.3) is 0 Å². The van der Waals surface area contributed by atoms with Crippen molar-refractivity contribution in [3.8, 4) is 0 Å². The maximum absolute atomic E-state index is 14.9. The van der Waals surface area contributed by atoms with Crippen LogP contribution in [0.3, 0.4) is 0 Å². The fourth-order valence-electron chi connectivity index (χ4n) is 5.95. The number of rotatable bonds is 6. The largest absolute Gasteiger partial charge is 0.480 e. The van der Waals surface area contributed by atoms with Crippen LogP contribution in [0.5, 0.6) is 0 Å². The lowest BCUT2D eigenvalue weighted by Crippen LogP contribution is -2.59. The molecule has 0 saturated carbocycles. The number of hydrogen-bond acceptors (Lipinski definition) is 4. The SMILES string of the molecule is C[C@H]1CN([C@@H](Cc2ccc(C(F)(F)F)cc2)C(=O)O)CCN1C(=O)[C@@H]1CN(C(C)(C)C)C[C@H]1c1ccc(F)cc1F. The van der Waals surface area contributed by atoms with Gasteiger partial charge in [-0.25, -0.2) is 8.78 Å². The Hall–Kier alpha value is -3.05. The van der Waals surface area contributed by atoms with E-state index in [1.165, 1.54) is 24.3 Å². The number of piperazine rings is 1. The zero-order valence-electron chi connectivity index (χ0n) is 23.6. The topological polar surface area (TPSA) is 64.1 Å². The molecule has 224 valence electrons. The average Bonchev–Trinajstić information content (AvgIpc) is 3.32. The van der Waals surface area contributed by atoms with Crippen molar-refractivity contribution in [2.45, 2.75) is 63.8 Å². The maximum atomic E-state index is 14.9. The minimum Gasteiger partial charge on any atom is -0.480 e. The van der Waals surface area contributed by atoms with E-state index in [2.05, 4.69) is 4.90 Å². The molecule has 0 bridgehead atoms. The van der Waals surface area contributed by atoms with Crippen LogP contribution in [-0.4, -0.2) is 82.0 Å². The number of nitrogens with zero attached hydrogens (tertiary/aromatic N) is 3. The van der Waals surface area contributed by atoms with Crippen molar-refractivity contribution in [1.82, 2.24) is 14.7 Å². The molecule has 1 N–H and O–H groups in total. The fourth-order valence-corrected chi connectivity index (χ4v) is 5.95. The van der Waals surface area contributed by atoms with Crippen LogP contribution >= 0.6 is 0 Å². The smallest absolute Gasteiger partial charge is 0.416 e. The maximum Gasteiger partial charge on any atom is 0.416 e. The first-order valence-corrected chi connectivity index (χ1v) is 13.7. The van der Waals surface area contributed by atoms with Gasteiger partial charge in [-0.15, -0.1) is 0 Å². The van der Waals surface area contributed by atoms with E-state index in [4.69, 9.17) is 0 Å². The van der Waals surface area contributed by atoms with Crippen LogP contribution < -0.4 is 0 Å². The number of aliphatic carboxylic acids is 1. The number of carbonyl (C=O) groups is 2. The zero-order chi connectivity index (χ0) is 30.3. The highest BCUT2D eigenvalue weighted by Gasteiger charge is 2.46. The number of benzene rings is 2. The molecule has 0 spiro atoms. The van der Waals surface area contributed by atoms with E-state index in [9.17, 15) is 36.6 Å². The molecular formula is C30H36F5N3O3. The molecular weight excluding hydrogens is 545 g/mol. The van der Waals surface area contributed by atoms with E-state index in [0.717, 1.165) is 18.2 Å². The van der Waals surface area contributed by atoms with Gasteiger partial charge < -0.3 is 10.0 Å². The molecule has 2 aliphatic rings.